The number of rotatable bonds is 5. The fourth-order valence-corrected chi connectivity index (χ4v) is 3.01. The number of benzene rings is 2. The minimum Gasteiger partial charge on any atom is -0.452 e. The summed E-state index contributed by atoms with van der Waals surface area (Å²) in [6.07, 6.45) is 5.45. The Bertz CT molecular complexity index is 1100. The first-order chi connectivity index (χ1) is 14.1. The summed E-state index contributed by atoms with van der Waals surface area (Å²) in [6, 6.07) is 13.6. The lowest BCUT2D eigenvalue weighted by molar-refractivity contribution is 0.480. The highest BCUT2D eigenvalue weighted by atomic mass is 35.5. The van der Waals surface area contributed by atoms with Crippen molar-refractivity contribution >= 4 is 17.4 Å². The molecule has 0 atom stereocenters. The van der Waals surface area contributed by atoms with Crippen molar-refractivity contribution < 1.29 is 9.13 Å². The quantitative estimate of drug-likeness (QED) is 0.581. The van der Waals surface area contributed by atoms with Gasteiger partial charge in [0.1, 0.15) is 11.6 Å². The van der Waals surface area contributed by atoms with Gasteiger partial charge in [0, 0.05) is 23.5 Å². The van der Waals surface area contributed by atoms with Gasteiger partial charge in [0.25, 0.3) is 0 Å². The van der Waals surface area contributed by atoms with E-state index in [-0.39, 0.29) is 11.4 Å². The lowest BCUT2D eigenvalue weighted by atomic mass is 10.1. The zero-order chi connectivity index (χ0) is 20.2. The van der Waals surface area contributed by atoms with E-state index in [1.165, 1.54) is 24.4 Å². The Morgan fingerprint density at radius 3 is 2.79 bits per heavy atom. The van der Waals surface area contributed by atoms with E-state index in [4.69, 9.17) is 16.3 Å². The monoisotopic (exact) mass is 408 g/mol. The SMILES string of the molecule is CC1=CNCC=C1Nc1nc(-c2cc(Cl)ccc2F)ncc1Oc1ccccc1. The van der Waals surface area contributed by atoms with Gasteiger partial charge in [0.2, 0.25) is 0 Å². The number of halogens is 2. The molecular weight excluding hydrogens is 391 g/mol. The molecule has 0 bridgehead atoms. The van der Waals surface area contributed by atoms with Crippen LogP contribution >= 0.6 is 11.6 Å². The maximum Gasteiger partial charge on any atom is 0.188 e. The predicted octanol–water partition coefficient (Wildman–Crippen LogP) is 5.53. The number of allylic oxidation sites excluding steroid dienone is 1. The average Bonchev–Trinajstić information content (AvgIpc) is 2.73. The van der Waals surface area contributed by atoms with Gasteiger partial charge in [-0.2, -0.15) is 0 Å². The van der Waals surface area contributed by atoms with Gasteiger partial charge in [-0.15, -0.1) is 0 Å². The zero-order valence-corrected chi connectivity index (χ0v) is 16.4. The van der Waals surface area contributed by atoms with E-state index in [1.807, 2.05) is 49.5 Å². The van der Waals surface area contributed by atoms with Crippen molar-refractivity contribution in [2.75, 3.05) is 11.9 Å². The number of anilines is 1. The molecule has 3 aromatic rings. The second-order valence-electron chi connectivity index (χ2n) is 6.42. The van der Waals surface area contributed by atoms with Gasteiger partial charge in [-0.25, -0.2) is 14.4 Å². The minimum absolute atomic E-state index is 0.212. The number of nitrogens with zero attached hydrogens (tertiary/aromatic N) is 2. The Morgan fingerprint density at radius 1 is 1.17 bits per heavy atom. The van der Waals surface area contributed by atoms with E-state index in [1.54, 1.807) is 0 Å². The highest BCUT2D eigenvalue weighted by Gasteiger charge is 2.16. The highest BCUT2D eigenvalue weighted by Crippen LogP contribution is 2.32. The second kappa shape index (κ2) is 8.32. The first-order valence-corrected chi connectivity index (χ1v) is 9.41. The molecule has 1 aliphatic heterocycles. The summed E-state index contributed by atoms with van der Waals surface area (Å²) in [4.78, 5) is 8.83. The number of dihydropyridines is 1. The van der Waals surface area contributed by atoms with Crippen molar-refractivity contribution in [2.45, 2.75) is 6.92 Å². The van der Waals surface area contributed by atoms with Crippen molar-refractivity contribution in [3.8, 4) is 22.9 Å². The smallest absolute Gasteiger partial charge is 0.188 e. The third-order valence-electron chi connectivity index (χ3n) is 4.32. The van der Waals surface area contributed by atoms with Crippen molar-refractivity contribution in [3.63, 3.8) is 0 Å². The van der Waals surface area contributed by atoms with Gasteiger partial charge in [-0.1, -0.05) is 29.8 Å². The van der Waals surface area contributed by atoms with E-state index < -0.39 is 5.82 Å². The van der Waals surface area contributed by atoms with E-state index in [0.717, 1.165) is 11.3 Å². The molecule has 0 aliphatic carbocycles. The summed E-state index contributed by atoms with van der Waals surface area (Å²) in [7, 11) is 0. The molecule has 0 radical (unpaired) electrons. The summed E-state index contributed by atoms with van der Waals surface area (Å²) < 4.78 is 20.3. The fraction of sp³-hybridized carbons (Fsp3) is 0.0909. The molecule has 0 fully saturated rings. The molecule has 1 aliphatic rings. The Balaban J connectivity index is 1.75. The molecule has 29 heavy (non-hydrogen) atoms. The van der Waals surface area contributed by atoms with Gasteiger partial charge in [-0.05, 0) is 48.9 Å². The van der Waals surface area contributed by atoms with Gasteiger partial charge >= 0.3 is 0 Å². The van der Waals surface area contributed by atoms with E-state index in [0.29, 0.717) is 28.9 Å². The molecule has 0 spiro atoms. The van der Waals surface area contributed by atoms with Crippen LogP contribution in [-0.4, -0.2) is 16.5 Å². The molecular formula is C22H18ClFN4O. The van der Waals surface area contributed by atoms with Crippen LogP contribution in [0.5, 0.6) is 11.5 Å². The Labute approximate surface area is 172 Å². The summed E-state index contributed by atoms with van der Waals surface area (Å²) in [6.45, 7) is 2.66. The molecule has 7 heteroatoms. The highest BCUT2D eigenvalue weighted by molar-refractivity contribution is 6.30. The van der Waals surface area contributed by atoms with Gasteiger partial charge in [0.15, 0.2) is 17.4 Å². The average molecular weight is 409 g/mol. The van der Waals surface area contributed by atoms with Gasteiger partial charge < -0.3 is 15.4 Å². The van der Waals surface area contributed by atoms with Crippen LogP contribution in [0.3, 0.4) is 0 Å². The van der Waals surface area contributed by atoms with Crippen LogP contribution in [0.1, 0.15) is 6.92 Å². The lowest BCUT2D eigenvalue weighted by Crippen LogP contribution is -2.16. The number of nitrogens with one attached hydrogen (secondary N) is 2. The molecule has 2 aromatic carbocycles. The summed E-state index contributed by atoms with van der Waals surface area (Å²) >= 11 is 6.03. The number of aromatic nitrogens is 2. The number of hydrogen-bond donors (Lipinski definition) is 2. The van der Waals surface area contributed by atoms with Gasteiger partial charge in [0.05, 0.1) is 11.8 Å². The van der Waals surface area contributed by atoms with Crippen LogP contribution in [-0.2, 0) is 0 Å². The number of para-hydroxylation sites is 1. The molecule has 5 nitrogen and oxygen atoms in total. The molecule has 1 aromatic heterocycles. The molecule has 0 unspecified atom stereocenters. The molecule has 0 saturated heterocycles. The van der Waals surface area contributed by atoms with Crippen LogP contribution in [0.25, 0.3) is 11.4 Å². The third-order valence-corrected chi connectivity index (χ3v) is 4.55. The number of ether oxygens (including phenoxy) is 1. The maximum absolute atomic E-state index is 14.3. The van der Waals surface area contributed by atoms with E-state index >= 15 is 0 Å². The molecule has 146 valence electrons. The lowest BCUT2D eigenvalue weighted by Gasteiger charge is -2.18. The Morgan fingerprint density at radius 2 is 2.00 bits per heavy atom. The topological polar surface area (TPSA) is 59.1 Å². The summed E-state index contributed by atoms with van der Waals surface area (Å²) in [5.41, 5.74) is 2.12. The maximum atomic E-state index is 14.3. The largest absolute Gasteiger partial charge is 0.452 e. The molecule has 0 amide bonds. The van der Waals surface area contributed by atoms with Crippen LogP contribution in [0.15, 0.2) is 78.3 Å². The molecule has 2 N–H and O–H groups in total. The normalized spacial score (nSPS) is 13.2. The Kier molecular flexibility index (Phi) is 5.44. The van der Waals surface area contributed by atoms with Crippen molar-refractivity contribution in [3.05, 3.63) is 89.1 Å². The Hall–Kier alpha value is -3.38. The fourth-order valence-electron chi connectivity index (χ4n) is 2.84. The summed E-state index contributed by atoms with van der Waals surface area (Å²) in [5, 5.41) is 6.84. The molecule has 4 rings (SSSR count). The van der Waals surface area contributed by atoms with Gasteiger partial charge in [-0.3, -0.25) is 0 Å². The van der Waals surface area contributed by atoms with Crippen LogP contribution < -0.4 is 15.4 Å². The first kappa shape index (κ1) is 19.0. The van der Waals surface area contributed by atoms with Crippen molar-refractivity contribution in [1.82, 2.24) is 15.3 Å². The predicted molar refractivity (Wildman–Crippen MR) is 112 cm³/mol. The van der Waals surface area contributed by atoms with Crippen LogP contribution in [0.4, 0.5) is 10.2 Å². The van der Waals surface area contributed by atoms with Crippen molar-refractivity contribution in [1.29, 1.82) is 0 Å². The third kappa shape index (κ3) is 4.38. The molecule has 0 saturated carbocycles. The van der Waals surface area contributed by atoms with Crippen LogP contribution in [0, 0.1) is 5.82 Å². The first-order valence-electron chi connectivity index (χ1n) is 9.03. The van der Waals surface area contributed by atoms with Crippen LogP contribution in [0.2, 0.25) is 5.02 Å². The standard InChI is InChI=1S/C22H18ClFN4O/c1-14-12-25-10-9-19(14)27-22-20(29-16-5-3-2-4-6-16)13-26-21(28-22)17-11-15(23)7-8-18(17)24/h2-9,11-13,25H,10H2,1H3,(H,26,27,28). The minimum atomic E-state index is -0.450. The second-order valence-corrected chi connectivity index (χ2v) is 6.86. The van der Waals surface area contributed by atoms with E-state index in [2.05, 4.69) is 20.6 Å². The molecule has 2 heterocycles. The van der Waals surface area contributed by atoms with E-state index in [9.17, 15) is 4.39 Å². The summed E-state index contributed by atoms with van der Waals surface area (Å²) in [5.74, 6) is 1.26. The number of hydrogen-bond acceptors (Lipinski definition) is 5. The zero-order valence-electron chi connectivity index (χ0n) is 15.6. The van der Waals surface area contributed by atoms with Crippen molar-refractivity contribution in [2.24, 2.45) is 0 Å².